The van der Waals surface area contributed by atoms with Crippen LogP contribution >= 0.6 is 11.8 Å². The lowest BCUT2D eigenvalue weighted by atomic mass is 10.1. The molecule has 0 amide bonds. The van der Waals surface area contributed by atoms with Crippen LogP contribution in [0.2, 0.25) is 0 Å². The van der Waals surface area contributed by atoms with Crippen LogP contribution in [0, 0.1) is 5.92 Å². The molecule has 2 heteroatoms. The van der Waals surface area contributed by atoms with Crippen molar-refractivity contribution in [2.24, 2.45) is 5.92 Å². The second kappa shape index (κ2) is 6.73. The summed E-state index contributed by atoms with van der Waals surface area (Å²) >= 11 is 2.13. The summed E-state index contributed by atoms with van der Waals surface area (Å²) in [6.45, 7) is 8.19. The third kappa shape index (κ3) is 4.70. The second-order valence-electron chi connectivity index (χ2n) is 4.81. The first-order valence-electron chi connectivity index (χ1n) is 6.05. The molecule has 0 bridgehead atoms. The van der Waals surface area contributed by atoms with E-state index in [1.54, 1.807) is 0 Å². The van der Waals surface area contributed by atoms with E-state index < -0.39 is 0 Å². The lowest BCUT2D eigenvalue weighted by Gasteiger charge is -2.29. The average molecular weight is 215 g/mol. The van der Waals surface area contributed by atoms with Crippen LogP contribution in [0.3, 0.4) is 0 Å². The first-order chi connectivity index (χ1) is 6.70. The highest BCUT2D eigenvalue weighted by atomic mass is 32.2. The molecule has 2 atom stereocenters. The lowest BCUT2D eigenvalue weighted by molar-refractivity contribution is 0.440. The van der Waals surface area contributed by atoms with Crippen molar-refractivity contribution in [1.29, 1.82) is 0 Å². The summed E-state index contributed by atoms with van der Waals surface area (Å²) in [5.41, 5.74) is 0. The van der Waals surface area contributed by atoms with E-state index >= 15 is 0 Å². The van der Waals surface area contributed by atoms with Gasteiger partial charge in [-0.15, -0.1) is 0 Å². The summed E-state index contributed by atoms with van der Waals surface area (Å²) in [6.07, 6.45) is 5.49. The van der Waals surface area contributed by atoms with Gasteiger partial charge in [-0.2, -0.15) is 11.8 Å². The van der Waals surface area contributed by atoms with Crippen molar-refractivity contribution in [2.45, 2.75) is 57.7 Å². The molecule has 1 N–H and O–H groups in total. The smallest absolute Gasteiger partial charge is 0.0184 e. The maximum absolute atomic E-state index is 3.71. The number of thioether (sulfide) groups is 1. The minimum atomic E-state index is 0.779. The van der Waals surface area contributed by atoms with Crippen LogP contribution in [0.4, 0.5) is 0 Å². The van der Waals surface area contributed by atoms with E-state index in [0.29, 0.717) is 0 Å². The van der Waals surface area contributed by atoms with Gasteiger partial charge in [-0.25, -0.2) is 0 Å². The Morgan fingerprint density at radius 3 is 2.86 bits per heavy atom. The maximum Gasteiger partial charge on any atom is 0.0184 e. The Kier molecular flexibility index (Phi) is 5.95. The fourth-order valence-corrected chi connectivity index (χ4v) is 3.16. The SMILES string of the molecule is CC(C)CCCNC1CCCSC1C. The van der Waals surface area contributed by atoms with Crippen LogP contribution in [0.25, 0.3) is 0 Å². The molecular formula is C12H25NS. The Bertz CT molecular complexity index is 147. The molecule has 1 saturated heterocycles. The fraction of sp³-hybridized carbons (Fsp3) is 1.00. The van der Waals surface area contributed by atoms with Gasteiger partial charge in [0.05, 0.1) is 0 Å². The molecule has 1 heterocycles. The van der Waals surface area contributed by atoms with E-state index in [9.17, 15) is 0 Å². The molecule has 84 valence electrons. The predicted octanol–water partition coefficient (Wildman–Crippen LogP) is 3.30. The highest BCUT2D eigenvalue weighted by Gasteiger charge is 2.20. The van der Waals surface area contributed by atoms with Gasteiger partial charge in [-0.1, -0.05) is 20.8 Å². The van der Waals surface area contributed by atoms with Gasteiger partial charge >= 0.3 is 0 Å². The Morgan fingerprint density at radius 1 is 1.43 bits per heavy atom. The Morgan fingerprint density at radius 2 is 2.21 bits per heavy atom. The molecule has 1 aliphatic heterocycles. The molecule has 1 rings (SSSR count). The minimum Gasteiger partial charge on any atom is -0.313 e. The van der Waals surface area contributed by atoms with Crippen molar-refractivity contribution < 1.29 is 0 Å². The fourth-order valence-electron chi connectivity index (χ4n) is 1.99. The van der Waals surface area contributed by atoms with E-state index in [1.165, 1.54) is 38.0 Å². The second-order valence-corrected chi connectivity index (χ2v) is 6.30. The van der Waals surface area contributed by atoms with Gasteiger partial charge in [0.2, 0.25) is 0 Å². The summed E-state index contributed by atoms with van der Waals surface area (Å²) in [5, 5.41) is 4.53. The van der Waals surface area contributed by atoms with Crippen molar-refractivity contribution in [3.8, 4) is 0 Å². The maximum atomic E-state index is 3.71. The van der Waals surface area contributed by atoms with Crippen LogP contribution in [0.15, 0.2) is 0 Å². The lowest BCUT2D eigenvalue weighted by Crippen LogP contribution is -2.39. The molecule has 2 unspecified atom stereocenters. The number of hydrogen-bond donors (Lipinski definition) is 1. The van der Waals surface area contributed by atoms with Crippen molar-refractivity contribution in [3.63, 3.8) is 0 Å². The monoisotopic (exact) mass is 215 g/mol. The van der Waals surface area contributed by atoms with Crippen LogP contribution in [0.5, 0.6) is 0 Å². The van der Waals surface area contributed by atoms with E-state index in [2.05, 4.69) is 37.8 Å². The molecule has 0 aromatic rings. The van der Waals surface area contributed by atoms with Crippen LogP contribution < -0.4 is 5.32 Å². The predicted molar refractivity (Wildman–Crippen MR) is 67.0 cm³/mol. The zero-order valence-corrected chi connectivity index (χ0v) is 10.7. The standard InChI is InChI=1S/C12H25NS/c1-10(2)6-4-8-13-12-7-5-9-14-11(12)3/h10-13H,4-9H2,1-3H3. The third-order valence-electron chi connectivity index (χ3n) is 2.97. The third-order valence-corrected chi connectivity index (χ3v) is 4.35. The molecule has 0 radical (unpaired) electrons. The Labute approximate surface area is 93.4 Å². The molecule has 1 nitrogen and oxygen atoms in total. The summed E-state index contributed by atoms with van der Waals surface area (Å²) in [6, 6.07) is 0.779. The number of nitrogens with one attached hydrogen (secondary N) is 1. The van der Waals surface area contributed by atoms with Gasteiger partial charge in [-0.05, 0) is 43.9 Å². The van der Waals surface area contributed by atoms with E-state index in [0.717, 1.165) is 17.2 Å². The first-order valence-corrected chi connectivity index (χ1v) is 7.10. The summed E-state index contributed by atoms with van der Waals surface area (Å²) in [7, 11) is 0. The highest BCUT2D eigenvalue weighted by molar-refractivity contribution is 7.99. The highest BCUT2D eigenvalue weighted by Crippen LogP contribution is 2.24. The zero-order valence-electron chi connectivity index (χ0n) is 9.88. The van der Waals surface area contributed by atoms with Gasteiger partial charge in [0.25, 0.3) is 0 Å². The summed E-state index contributed by atoms with van der Waals surface area (Å²) in [4.78, 5) is 0. The average Bonchev–Trinajstić information content (AvgIpc) is 2.15. The van der Waals surface area contributed by atoms with E-state index in [4.69, 9.17) is 0 Å². The molecule has 0 aromatic heterocycles. The first kappa shape index (κ1) is 12.4. The van der Waals surface area contributed by atoms with Crippen LogP contribution in [0.1, 0.15) is 46.5 Å². The molecule has 0 aromatic carbocycles. The quantitative estimate of drug-likeness (QED) is 0.706. The van der Waals surface area contributed by atoms with E-state index in [-0.39, 0.29) is 0 Å². The molecule has 0 saturated carbocycles. The summed E-state index contributed by atoms with van der Waals surface area (Å²) in [5.74, 6) is 2.22. The Balaban J connectivity index is 2.04. The molecule has 0 aliphatic carbocycles. The zero-order chi connectivity index (χ0) is 10.4. The summed E-state index contributed by atoms with van der Waals surface area (Å²) < 4.78 is 0. The van der Waals surface area contributed by atoms with Gasteiger partial charge < -0.3 is 5.32 Å². The minimum absolute atomic E-state index is 0.779. The van der Waals surface area contributed by atoms with Crippen molar-refractivity contribution in [3.05, 3.63) is 0 Å². The van der Waals surface area contributed by atoms with Crippen molar-refractivity contribution in [2.75, 3.05) is 12.3 Å². The molecule has 1 aliphatic rings. The van der Waals surface area contributed by atoms with E-state index in [1.807, 2.05) is 0 Å². The molecule has 14 heavy (non-hydrogen) atoms. The Hall–Kier alpha value is 0.310. The van der Waals surface area contributed by atoms with Gasteiger partial charge in [0, 0.05) is 11.3 Å². The van der Waals surface area contributed by atoms with Crippen LogP contribution in [-0.4, -0.2) is 23.6 Å². The number of hydrogen-bond acceptors (Lipinski definition) is 2. The molecule has 0 spiro atoms. The molecule has 1 fully saturated rings. The number of rotatable bonds is 5. The molecular weight excluding hydrogens is 190 g/mol. The van der Waals surface area contributed by atoms with Gasteiger partial charge in [0.1, 0.15) is 0 Å². The van der Waals surface area contributed by atoms with Crippen molar-refractivity contribution >= 4 is 11.8 Å². The normalized spacial score (nSPS) is 28.3. The van der Waals surface area contributed by atoms with Gasteiger partial charge in [-0.3, -0.25) is 0 Å². The largest absolute Gasteiger partial charge is 0.313 e. The van der Waals surface area contributed by atoms with Gasteiger partial charge in [0.15, 0.2) is 0 Å². The van der Waals surface area contributed by atoms with Crippen molar-refractivity contribution in [1.82, 2.24) is 5.32 Å². The topological polar surface area (TPSA) is 12.0 Å². The van der Waals surface area contributed by atoms with Crippen LogP contribution in [-0.2, 0) is 0 Å².